The Balaban J connectivity index is 2.32. The van der Waals surface area contributed by atoms with Gasteiger partial charge in [-0.2, -0.15) is 5.26 Å². The van der Waals surface area contributed by atoms with Crippen LogP contribution in [0, 0.1) is 36.4 Å². The first-order valence-corrected chi connectivity index (χ1v) is 9.28. The Morgan fingerprint density at radius 2 is 2.07 bits per heavy atom. The maximum Gasteiger partial charge on any atom is 0.178 e. The first-order valence-electron chi connectivity index (χ1n) is 8.47. The molecule has 1 unspecified atom stereocenters. The highest BCUT2D eigenvalue weighted by molar-refractivity contribution is 7.15. The summed E-state index contributed by atoms with van der Waals surface area (Å²) in [7, 11) is 1.51. The van der Waals surface area contributed by atoms with Gasteiger partial charge in [0.2, 0.25) is 0 Å². The molecule has 0 saturated heterocycles. The van der Waals surface area contributed by atoms with E-state index in [1.807, 2.05) is 19.9 Å². The molecule has 0 spiro atoms. The average molecular weight is 385 g/mol. The second kappa shape index (κ2) is 6.63. The SMILES string of the molecule is COC1(c2ncc(F)cc2-c2sc(C)nc2C)C=C(C#N)C(=O)C(C)(C)C1. The van der Waals surface area contributed by atoms with Gasteiger partial charge in [0.25, 0.3) is 0 Å². The van der Waals surface area contributed by atoms with E-state index in [9.17, 15) is 14.4 Å². The first kappa shape index (κ1) is 19.3. The smallest absolute Gasteiger partial charge is 0.178 e. The number of nitrogens with zero attached hydrogens (tertiary/aromatic N) is 3. The van der Waals surface area contributed by atoms with E-state index in [0.717, 1.165) is 21.8 Å². The van der Waals surface area contributed by atoms with Gasteiger partial charge in [-0.05, 0) is 32.4 Å². The lowest BCUT2D eigenvalue weighted by Crippen LogP contribution is -2.42. The van der Waals surface area contributed by atoms with Gasteiger partial charge in [-0.25, -0.2) is 9.37 Å². The predicted molar refractivity (Wildman–Crippen MR) is 101 cm³/mol. The molecule has 0 bridgehead atoms. The van der Waals surface area contributed by atoms with Crippen LogP contribution in [0.4, 0.5) is 4.39 Å². The number of carbonyl (C=O) groups is 1. The van der Waals surface area contributed by atoms with Gasteiger partial charge in [-0.1, -0.05) is 13.8 Å². The fourth-order valence-electron chi connectivity index (χ4n) is 3.64. The van der Waals surface area contributed by atoms with Gasteiger partial charge in [0.15, 0.2) is 5.78 Å². The number of nitriles is 1. The van der Waals surface area contributed by atoms with E-state index in [2.05, 4.69) is 9.97 Å². The summed E-state index contributed by atoms with van der Waals surface area (Å²) in [5.41, 5.74) is -0.0852. The third kappa shape index (κ3) is 3.20. The minimum absolute atomic E-state index is 0.0300. The molecule has 0 fully saturated rings. The van der Waals surface area contributed by atoms with Crippen LogP contribution >= 0.6 is 11.3 Å². The van der Waals surface area contributed by atoms with Crippen molar-refractivity contribution in [1.82, 2.24) is 9.97 Å². The second-order valence-corrected chi connectivity index (χ2v) is 8.55. The summed E-state index contributed by atoms with van der Waals surface area (Å²) in [4.78, 5) is 22.1. The van der Waals surface area contributed by atoms with Crippen molar-refractivity contribution in [1.29, 1.82) is 5.26 Å². The molecule has 0 aliphatic heterocycles. The van der Waals surface area contributed by atoms with E-state index < -0.39 is 16.8 Å². The van der Waals surface area contributed by atoms with Gasteiger partial charge in [-0.3, -0.25) is 9.78 Å². The standard InChI is InChI=1S/C20H20FN3O2S/c1-11-16(27-12(2)24-11)15-6-14(21)9-23-17(15)20(26-5)7-13(8-22)18(25)19(3,4)10-20/h6-7,9H,10H2,1-5H3. The number of allylic oxidation sites excluding steroid dienone is 1. The fourth-order valence-corrected chi connectivity index (χ4v) is 4.58. The monoisotopic (exact) mass is 385 g/mol. The molecule has 0 radical (unpaired) electrons. The summed E-state index contributed by atoms with van der Waals surface area (Å²) in [6.45, 7) is 7.30. The van der Waals surface area contributed by atoms with Crippen LogP contribution in [-0.2, 0) is 15.1 Å². The summed E-state index contributed by atoms with van der Waals surface area (Å²) in [6, 6.07) is 3.38. The zero-order valence-electron chi connectivity index (χ0n) is 15.9. The average Bonchev–Trinajstić information content (AvgIpc) is 2.95. The number of ether oxygens (including phenoxy) is 1. The van der Waals surface area contributed by atoms with E-state index in [0.29, 0.717) is 17.7 Å². The van der Waals surface area contributed by atoms with Crippen molar-refractivity contribution >= 4 is 17.1 Å². The number of rotatable bonds is 3. The first-order chi connectivity index (χ1) is 12.6. The molecule has 140 valence electrons. The van der Waals surface area contributed by atoms with Gasteiger partial charge in [-0.15, -0.1) is 11.3 Å². The third-order valence-electron chi connectivity index (χ3n) is 4.83. The highest BCUT2D eigenvalue weighted by atomic mass is 32.1. The molecule has 3 rings (SSSR count). The number of thiazole rings is 1. The number of halogens is 1. The van der Waals surface area contributed by atoms with E-state index in [-0.39, 0.29) is 11.4 Å². The Kier molecular flexibility index (Phi) is 4.74. The molecule has 2 heterocycles. The highest BCUT2D eigenvalue weighted by Gasteiger charge is 2.48. The van der Waals surface area contributed by atoms with Crippen LogP contribution in [0.3, 0.4) is 0 Å². The quantitative estimate of drug-likeness (QED) is 0.789. The van der Waals surface area contributed by atoms with E-state index in [4.69, 9.17) is 4.74 Å². The summed E-state index contributed by atoms with van der Waals surface area (Å²) >= 11 is 1.44. The van der Waals surface area contributed by atoms with Crippen LogP contribution in [-0.4, -0.2) is 22.9 Å². The van der Waals surface area contributed by atoms with Gasteiger partial charge in [0.05, 0.1) is 33.0 Å². The number of aromatic nitrogens is 2. The Morgan fingerprint density at radius 3 is 2.63 bits per heavy atom. The van der Waals surface area contributed by atoms with Gasteiger partial charge >= 0.3 is 0 Å². The van der Waals surface area contributed by atoms with Crippen molar-refractivity contribution in [3.63, 3.8) is 0 Å². The molecule has 0 N–H and O–H groups in total. The minimum Gasteiger partial charge on any atom is -0.368 e. The zero-order valence-corrected chi connectivity index (χ0v) is 16.7. The zero-order chi connectivity index (χ0) is 20.0. The topological polar surface area (TPSA) is 75.9 Å². The number of aryl methyl sites for hydroxylation is 2. The van der Waals surface area contributed by atoms with E-state index >= 15 is 0 Å². The van der Waals surface area contributed by atoms with Crippen molar-refractivity contribution in [3.05, 3.63) is 46.1 Å². The maximum absolute atomic E-state index is 14.1. The lowest BCUT2D eigenvalue weighted by molar-refractivity contribution is -0.128. The Hall–Kier alpha value is -2.43. The van der Waals surface area contributed by atoms with Crippen molar-refractivity contribution in [2.75, 3.05) is 7.11 Å². The van der Waals surface area contributed by atoms with Crippen LogP contribution in [0.15, 0.2) is 23.9 Å². The Morgan fingerprint density at radius 1 is 1.37 bits per heavy atom. The molecule has 5 nitrogen and oxygen atoms in total. The number of ketones is 1. The molecule has 2 aromatic heterocycles. The molecular formula is C20H20FN3O2S. The van der Waals surface area contributed by atoms with Crippen molar-refractivity contribution in [3.8, 4) is 16.5 Å². The van der Waals surface area contributed by atoms with E-state index in [1.54, 1.807) is 13.8 Å². The van der Waals surface area contributed by atoms with Crippen molar-refractivity contribution in [2.45, 2.75) is 39.7 Å². The summed E-state index contributed by atoms with van der Waals surface area (Å²) in [5.74, 6) is -0.702. The van der Waals surface area contributed by atoms with Crippen LogP contribution in [0.2, 0.25) is 0 Å². The van der Waals surface area contributed by atoms with Gasteiger partial charge in [0, 0.05) is 18.1 Å². The fraction of sp³-hybridized carbons (Fsp3) is 0.400. The maximum atomic E-state index is 14.1. The van der Waals surface area contributed by atoms with Crippen molar-refractivity contribution in [2.24, 2.45) is 5.41 Å². The molecule has 27 heavy (non-hydrogen) atoms. The summed E-state index contributed by atoms with van der Waals surface area (Å²) in [6.07, 6.45) is 2.95. The normalized spacial score (nSPS) is 21.7. The lowest BCUT2D eigenvalue weighted by Gasteiger charge is -2.40. The molecule has 7 heteroatoms. The molecule has 1 atom stereocenters. The number of carbonyl (C=O) groups excluding carboxylic acids is 1. The number of methoxy groups -OCH3 is 1. The summed E-state index contributed by atoms with van der Waals surface area (Å²) in [5, 5.41) is 10.3. The van der Waals surface area contributed by atoms with Crippen LogP contribution < -0.4 is 0 Å². The molecule has 0 aromatic carbocycles. The van der Waals surface area contributed by atoms with Gasteiger partial charge in [0.1, 0.15) is 17.5 Å². The second-order valence-electron chi connectivity index (χ2n) is 7.35. The van der Waals surface area contributed by atoms with Crippen LogP contribution in [0.1, 0.15) is 36.7 Å². The Labute approximate surface area is 161 Å². The highest BCUT2D eigenvalue weighted by Crippen LogP contribution is 2.48. The number of hydrogen-bond acceptors (Lipinski definition) is 6. The molecule has 1 aliphatic carbocycles. The number of Topliss-reactive ketones (excluding diaryl/α,β-unsaturated/α-hetero) is 1. The minimum atomic E-state index is -1.12. The predicted octanol–water partition coefficient (Wildman–Crippen LogP) is 4.25. The lowest BCUT2D eigenvalue weighted by atomic mass is 9.68. The van der Waals surface area contributed by atoms with Gasteiger partial charge < -0.3 is 4.74 Å². The van der Waals surface area contributed by atoms with Crippen molar-refractivity contribution < 1.29 is 13.9 Å². The van der Waals surface area contributed by atoms with Crippen LogP contribution in [0.25, 0.3) is 10.4 Å². The number of hydrogen-bond donors (Lipinski definition) is 0. The molecule has 0 saturated carbocycles. The molecule has 0 amide bonds. The third-order valence-corrected chi connectivity index (χ3v) is 5.94. The van der Waals surface area contributed by atoms with Crippen LogP contribution in [0.5, 0.6) is 0 Å². The largest absolute Gasteiger partial charge is 0.368 e. The van der Waals surface area contributed by atoms with E-state index in [1.165, 1.54) is 30.6 Å². The number of pyridine rings is 1. The molecular weight excluding hydrogens is 365 g/mol. The molecule has 2 aromatic rings. The molecule has 1 aliphatic rings. The Bertz CT molecular complexity index is 1000. The summed E-state index contributed by atoms with van der Waals surface area (Å²) < 4.78 is 19.9.